The number of aromatic nitrogens is 1. The Morgan fingerprint density at radius 1 is 1.50 bits per heavy atom. The molecule has 0 bridgehead atoms. The Morgan fingerprint density at radius 3 is 3.00 bits per heavy atom. The molecule has 0 amide bonds. The molecule has 0 saturated carbocycles. The molecule has 0 aliphatic heterocycles. The van der Waals surface area contributed by atoms with Gasteiger partial charge in [0.05, 0.1) is 19.6 Å². The van der Waals surface area contributed by atoms with Gasteiger partial charge in [0.25, 0.3) is 0 Å². The first-order valence-corrected chi connectivity index (χ1v) is 5.03. The number of hydrogen-bond acceptors (Lipinski definition) is 3. The molecule has 2 aromatic rings. The van der Waals surface area contributed by atoms with Crippen molar-refractivity contribution in [2.24, 2.45) is 0 Å². The normalized spacial score (nSPS) is 12.6. The van der Waals surface area contributed by atoms with Gasteiger partial charge in [-0.2, -0.15) is 0 Å². The Balaban J connectivity index is 2.29. The van der Waals surface area contributed by atoms with E-state index in [2.05, 4.69) is 9.72 Å². The molecule has 1 aromatic carbocycles. The topological polar surface area (TPSA) is 62.3 Å². The predicted octanol–water partition coefficient (Wildman–Crippen LogP) is 1.76. The largest absolute Gasteiger partial charge is 0.469 e. The van der Waals surface area contributed by atoms with E-state index in [1.807, 2.05) is 24.3 Å². The van der Waals surface area contributed by atoms with Gasteiger partial charge < -0.3 is 14.8 Å². The number of fused-ring (bicyclic) bond motifs is 1. The number of methoxy groups -OCH3 is 1. The van der Waals surface area contributed by atoms with Crippen molar-refractivity contribution in [3.8, 4) is 0 Å². The molecule has 2 N–H and O–H groups in total. The average molecular weight is 219 g/mol. The van der Waals surface area contributed by atoms with Crippen molar-refractivity contribution in [1.29, 1.82) is 0 Å². The zero-order valence-corrected chi connectivity index (χ0v) is 8.93. The van der Waals surface area contributed by atoms with Gasteiger partial charge in [-0.05, 0) is 6.07 Å². The zero-order valence-electron chi connectivity index (χ0n) is 8.93. The van der Waals surface area contributed by atoms with Gasteiger partial charge >= 0.3 is 5.97 Å². The van der Waals surface area contributed by atoms with E-state index in [1.165, 1.54) is 7.11 Å². The second kappa shape index (κ2) is 4.37. The number of carbonyl (C=O) groups excluding carboxylic acids is 1. The van der Waals surface area contributed by atoms with Crippen LogP contribution in [-0.4, -0.2) is 23.2 Å². The Morgan fingerprint density at radius 2 is 2.25 bits per heavy atom. The first kappa shape index (κ1) is 10.7. The molecule has 16 heavy (non-hydrogen) atoms. The monoisotopic (exact) mass is 219 g/mol. The molecular weight excluding hydrogens is 206 g/mol. The number of esters is 1. The van der Waals surface area contributed by atoms with E-state index in [9.17, 15) is 9.90 Å². The second-order valence-corrected chi connectivity index (χ2v) is 3.59. The molecule has 0 spiro atoms. The van der Waals surface area contributed by atoms with Crippen LogP contribution in [0.1, 0.15) is 18.1 Å². The number of H-pyrrole nitrogens is 1. The highest BCUT2D eigenvalue weighted by Crippen LogP contribution is 2.25. The van der Waals surface area contributed by atoms with Gasteiger partial charge in [-0.15, -0.1) is 0 Å². The summed E-state index contributed by atoms with van der Waals surface area (Å²) in [5, 5.41) is 10.8. The van der Waals surface area contributed by atoms with Crippen molar-refractivity contribution < 1.29 is 14.6 Å². The lowest BCUT2D eigenvalue weighted by Crippen LogP contribution is -2.07. The highest BCUT2D eigenvalue weighted by Gasteiger charge is 2.16. The molecule has 0 unspecified atom stereocenters. The first-order chi connectivity index (χ1) is 7.72. The van der Waals surface area contributed by atoms with Gasteiger partial charge in [-0.1, -0.05) is 18.2 Å². The summed E-state index contributed by atoms with van der Waals surface area (Å²) in [6.07, 6.45) is 0.861. The van der Waals surface area contributed by atoms with Crippen LogP contribution in [0.15, 0.2) is 30.5 Å². The number of benzene rings is 1. The van der Waals surface area contributed by atoms with Gasteiger partial charge in [0, 0.05) is 22.7 Å². The molecular formula is C12H13NO3. The van der Waals surface area contributed by atoms with Gasteiger partial charge in [-0.3, -0.25) is 4.79 Å². The molecule has 4 nitrogen and oxygen atoms in total. The smallest absolute Gasteiger partial charge is 0.308 e. The number of aromatic amines is 1. The van der Waals surface area contributed by atoms with E-state index in [-0.39, 0.29) is 6.42 Å². The number of ether oxygens (including phenoxy) is 1. The van der Waals surface area contributed by atoms with Crippen LogP contribution in [0.25, 0.3) is 10.9 Å². The minimum Gasteiger partial charge on any atom is -0.469 e. The van der Waals surface area contributed by atoms with Crippen LogP contribution < -0.4 is 0 Å². The summed E-state index contributed by atoms with van der Waals surface area (Å²) in [6, 6.07) is 7.63. The molecule has 1 atom stereocenters. The number of aliphatic hydroxyl groups excluding tert-OH is 1. The summed E-state index contributed by atoms with van der Waals surface area (Å²) in [5.74, 6) is -0.419. The minimum absolute atomic E-state index is 0.0294. The van der Waals surface area contributed by atoms with E-state index in [0.29, 0.717) is 0 Å². The lowest BCUT2D eigenvalue weighted by molar-refractivity contribution is -0.142. The van der Waals surface area contributed by atoms with Crippen molar-refractivity contribution >= 4 is 16.9 Å². The Bertz CT molecular complexity index is 504. The lowest BCUT2D eigenvalue weighted by atomic mass is 10.1. The standard InChI is InChI=1S/C12H13NO3/c1-16-12(15)6-11(14)9-7-13-10-5-3-2-4-8(9)10/h2-5,7,11,13-14H,6H2,1H3/t11-/m1/s1. The third kappa shape index (κ3) is 1.92. The summed E-state index contributed by atoms with van der Waals surface area (Å²) in [7, 11) is 1.31. The first-order valence-electron chi connectivity index (χ1n) is 5.03. The van der Waals surface area contributed by atoms with Crippen LogP contribution in [0, 0.1) is 0 Å². The molecule has 0 aliphatic rings. The fourth-order valence-corrected chi connectivity index (χ4v) is 1.72. The Kier molecular flexibility index (Phi) is 2.92. The number of hydrogen-bond donors (Lipinski definition) is 2. The lowest BCUT2D eigenvalue weighted by Gasteiger charge is -2.07. The average Bonchev–Trinajstić information content (AvgIpc) is 2.72. The minimum atomic E-state index is -0.830. The van der Waals surface area contributed by atoms with Gasteiger partial charge in [0.1, 0.15) is 0 Å². The number of nitrogens with one attached hydrogen (secondary N) is 1. The van der Waals surface area contributed by atoms with Gasteiger partial charge in [-0.25, -0.2) is 0 Å². The molecule has 0 saturated heterocycles. The summed E-state index contributed by atoms with van der Waals surface area (Å²) in [6.45, 7) is 0. The molecule has 0 aliphatic carbocycles. The third-order valence-corrected chi connectivity index (χ3v) is 2.57. The molecule has 1 heterocycles. The molecule has 0 fully saturated rings. The molecule has 2 rings (SSSR count). The SMILES string of the molecule is COC(=O)C[C@@H](O)c1c[nH]c2ccccc12. The van der Waals surface area contributed by atoms with Crippen molar-refractivity contribution in [2.75, 3.05) is 7.11 Å². The van der Waals surface area contributed by atoms with Crippen LogP contribution >= 0.6 is 0 Å². The van der Waals surface area contributed by atoms with Gasteiger partial charge in [0.15, 0.2) is 0 Å². The van der Waals surface area contributed by atoms with E-state index < -0.39 is 12.1 Å². The highest BCUT2D eigenvalue weighted by molar-refractivity contribution is 5.84. The maximum atomic E-state index is 11.1. The van der Waals surface area contributed by atoms with E-state index in [0.717, 1.165) is 16.5 Å². The van der Waals surface area contributed by atoms with E-state index >= 15 is 0 Å². The van der Waals surface area contributed by atoms with Crippen LogP contribution in [0.4, 0.5) is 0 Å². The van der Waals surface area contributed by atoms with Crippen molar-refractivity contribution in [3.05, 3.63) is 36.0 Å². The van der Waals surface area contributed by atoms with Crippen LogP contribution in [-0.2, 0) is 9.53 Å². The Labute approximate surface area is 92.9 Å². The van der Waals surface area contributed by atoms with Crippen LogP contribution in [0.3, 0.4) is 0 Å². The number of rotatable bonds is 3. The molecule has 4 heteroatoms. The maximum Gasteiger partial charge on any atom is 0.308 e. The predicted molar refractivity (Wildman–Crippen MR) is 59.9 cm³/mol. The van der Waals surface area contributed by atoms with Crippen molar-refractivity contribution in [2.45, 2.75) is 12.5 Å². The van der Waals surface area contributed by atoms with Gasteiger partial charge in [0.2, 0.25) is 0 Å². The third-order valence-electron chi connectivity index (χ3n) is 2.57. The van der Waals surface area contributed by atoms with Crippen LogP contribution in [0.2, 0.25) is 0 Å². The Hall–Kier alpha value is -1.81. The zero-order chi connectivity index (χ0) is 11.5. The summed E-state index contributed by atoms with van der Waals surface area (Å²) >= 11 is 0. The molecule has 0 radical (unpaired) electrons. The summed E-state index contributed by atoms with van der Waals surface area (Å²) in [5.41, 5.74) is 1.67. The second-order valence-electron chi connectivity index (χ2n) is 3.59. The van der Waals surface area contributed by atoms with Crippen molar-refractivity contribution in [3.63, 3.8) is 0 Å². The number of aliphatic hydroxyl groups is 1. The summed E-state index contributed by atoms with van der Waals surface area (Å²) < 4.78 is 4.52. The molecule has 84 valence electrons. The number of para-hydroxylation sites is 1. The maximum absolute atomic E-state index is 11.1. The van der Waals surface area contributed by atoms with Crippen LogP contribution in [0.5, 0.6) is 0 Å². The molecule has 1 aromatic heterocycles. The quantitative estimate of drug-likeness (QED) is 0.773. The van der Waals surface area contributed by atoms with E-state index in [4.69, 9.17) is 0 Å². The fraction of sp³-hybridized carbons (Fsp3) is 0.250. The summed E-state index contributed by atoms with van der Waals surface area (Å²) in [4.78, 5) is 14.1. The van der Waals surface area contributed by atoms with Crippen molar-refractivity contribution in [1.82, 2.24) is 4.98 Å². The number of carbonyl (C=O) groups is 1. The highest BCUT2D eigenvalue weighted by atomic mass is 16.5. The fourth-order valence-electron chi connectivity index (χ4n) is 1.72. The van der Waals surface area contributed by atoms with E-state index in [1.54, 1.807) is 6.20 Å².